The summed E-state index contributed by atoms with van der Waals surface area (Å²) in [5.74, 6) is 0.318. The highest BCUT2D eigenvalue weighted by atomic mass is 19.1. The fraction of sp³-hybridized carbons (Fsp3) is 0.571. The zero-order valence-electron chi connectivity index (χ0n) is 10.7. The van der Waals surface area contributed by atoms with E-state index in [0.717, 1.165) is 26.0 Å². The summed E-state index contributed by atoms with van der Waals surface area (Å²) in [6, 6.07) is 4.94. The highest BCUT2D eigenvalue weighted by Crippen LogP contribution is 2.16. The van der Waals surface area contributed by atoms with Crippen LogP contribution in [0.25, 0.3) is 0 Å². The lowest BCUT2D eigenvalue weighted by Gasteiger charge is -2.22. The Morgan fingerprint density at radius 1 is 1.44 bits per heavy atom. The quantitative estimate of drug-likeness (QED) is 0.874. The van der Waals surface area contributed by atoms with Crippen LogP contribution in [-0.2, 0) is 11.3 Å². The Hall–Kier alpha value is -1.13. The summed E-state index contributed by atoms with van der Waals surface area (Å²) in [5, 5.41) is 3.24. The molecule has 1 atom stereocenters. The highest BCUT2D eigenvalue weighted by Gasteiger charge is 2.13. The lowest BCUT2D eigenvalue weighted by atomic mass is 10.1. The molecular weight excluding hydrogens is 233 g/mol. The van der Waals surface area contributed by atoms with Crippen LogP contribution in [0.1, 0.15) is 24.8 Å². The van der Waals surface area contributed by atoms with Gasteiger partial charge in [0.25, 0.3) is 0 Å². The van der Waals surface area contributed by atoms with Crippen molar-refractivity contribution in [3.8, 4) is 5.75 Å². The molecule has 4 heteroatoms. The molecule has 1 heterocycles. The Bertz CT molecular complexity index is 378. The van der Waals surface area contributed by atoms with Gasteiger partial charge in [0.2, 0.25) is 0 Å². The van der Waals surface area contributed by atoms with Crippen molar-refractivity contribution in [1.82, 2.24) is 5.32 Å². The van der Waals surface area contributed by atoms with Crippen LogP contribution in [0.15, 0.2) is 18.2 Å². The molecule has 1 aromatic carbocycles. The predicted molar refractivity (Wildman–Crippen MR) is 68.2 cm³/mol. The molecule has 18 heavy (non-hydrogen) atoms. The van der Waals surface area contributed by atoms with E-state index in [4.69, 9.17) is 9.47 Å². The fourth-order valence-corrected chi connectivity index (χ4v) is 2.13. The molecule has 1 unspecified atom stereocenters. The zero-order valence-corrected chi connectivity index (χ0v) is 10.7. The molecule has 1 aliphatic rings. The molecule has 1 fully saturated rings. The Morgan fingerprint density at radius 3 is 3.00 bits per heavy atom. The van der Waals surface area contributed by atoms with Gasteiger partial charge in [0.05, 0.1) is 13.2 Å². The third kappa shape index (κ3) is 3.68. The molecule has 3 nitrogen and oxygen atoms in total. The molecule has 0 aromatic heterocycles. The van der Waals surface area contributed by atoms with Crippen molar-refractivity contribution in [2.45, 2.75) is 31.9 Å². The molecule has 2 rings (SSSR count). The third-order valence-corrected chi connectivity index (χ3v) is 3.22. The van der Waals surface area contributed by atoms with Crippen LogP contribution in [0.5, 0.6) is 5.75 Å². The van der Waals surface area contributed by atoms with E-state index >= 15 is 0 Å². The van der Waals surface area contributed by atoms with E-state index in [-0.39, 0.29) is 11.9 Å². The highest BCUT2D eigenvalue weighted by molar-refractivity contribution is 5.28. The van der Waals surface area contributed by atoms with Gasteiger partial charge in [-0.15, -0.1) is 0 Å². The van der Waals surface area contributed by atoms with Crippen LogP contribution in [0.3, 0.4) is 0 Å². The van der Waals surface area contributed by atoms with Gasteiger partial charge in [-0.25, -0.2) is 4.39 Å². The number of benzene rings is 1. The molecule has 0 bridgehead atoms. The van der Waals surface area contributed by atoms with Gasteiger partial charge in [0.15, 0.2) is 0 Å². The summed E-state index contributed by atoms with van der Waals surface area (Å²) in [6.07, 6.45) is 3.75. The van der Waals surface area contributed by atoms with Crippen molar-refractivity contribution >= 4 is 0 Å². The molecule has 1 aromatic rings. The van der Waals surface area contributed by atoms with E-state index in [1.165, 1.54) is 19.6 Å². The van der Waals surface area contributed by atoms with Crippen molar-refractivity contribution in [2.75, 3.05) is 20.3 Å². The number of hydrogen-bond acceptors (Lipinski definition) is 3. The second-order valence-electron chi connectivity index (χ2n) is 4.58. The van der Waals surface area contributed by atoms with Crippen LogP contribution in [0, 0.1) is 5.82 Å². The van der Waals surface area contributed by atoms with Gasteiger partial charge in [-0.05, 0) is 25.3 Å². The van der Waals surface area contributed by atoms with E-state index < -0.39 is 0 Å². The average Bonchev–Trinajstić information content (AvgIpc) is 2.42. The van der Waals surface area contributed by atoms with E-state index in [2.05, 4.69) is 5.32 Å². The predicted octanol–water partition coefficient (Wildman–Crippen LogP) is 2.49. The number of nitrogens with one attached hydrogen (secondary N) is 1. The minimum Gasteiger partial charge on any atom is -0.497 e. The van der Waals surface area contributed by atoms with Crippen LogP contribution in [-0.4, -0.2) is 26.4 Å². The molecule has 1 N–H and O–H groups in total. The van der Waals surface area contributed by atoms with Crippen LogP contribution >= 0.6 is 0 Å². The third-order valence-electron chi connectivity index (χ3n) is 3.22. The second kappa shape index (κ2) is 6.71. The molecule has 0 amide bonds. The minimum atomic E-state index is -0.230. The number of methoxy groups -OCH3 is 1. The van der Waals surface area contributed by atoms with Crippen molar-refractivity contribution in [3.05, 3.63) is 29.6 Å². The Balaban J connectivity index is 1.79. The number of rotatable bonds is 5. The van der Waals surface area contributed by atoms with Gasteiger partial charge in [-0.1, -0.05) is 6.07 Å². The molecule has 1 aliphatic heterocycles. The van der Waals surface area contributed by atoms with E-state index in [1.54, 1.807) is 12.1 Å². The molecule has 100 valence electrons. The largest absolute Gasteiger partial charge is 0.497 e. The van der Waals surface area contributed by atoms with Gasteiger partial charge in [0.1, 0.15) is 11.6 Å². The fourth-order valence-electron chi connectivity index (χ4n) is 2.13. The molecule has 0 radical (unpaired) electrons. The maximum absolute atomic E-state index is 13.7. The smallest absolute Gasteiger partial charge is 0.131 e. The molecule has 0 spiro atoms. The summed E-state index contributed by atoms with van der Waals surface area (Å²) < 4.78 is 24.2. The van der Waals surface area contributed by atoms with Gasteiger partial charge in [-0.2, -0.15) is 0 Å². The van der Waals surface area contributed by atoms with Gasteiger partial charge in [0, 0.05) is 31.3 Å². The van der Waals surface area contributed by atoms with Crippen LogP contribution in [0.4, 0.5) is 4.39 Å². The standard InChI is InChI=1S/C14H20FNO2/c1-17-12-6-5-11(14(15)8-12)9-16-10-13-4-2-3-7-18-13/h5-6,8,13,16H,2-4,7,9-10H2,1H3. The Labute approximate surface area is 107 Å². The maximum Gasteiger partial charge on any atom is 0.131 e. The first-order chi connectivity index (χ1) is 8.79. The molecule has 0 saturated carbocycles. The lowest BCUT2D eigenvalue weighted by molar-refractivity contribution is 0.0167. The normalized spacial score (nSPS) is 19.8. The summed E-state index contributed by atoms with van der Waals surface area (Å²) in [5.41, 5.74) is 0.659. The van der Waals surface area contributed by atoms with E-state index in [0.29, 0.717) is 17.9 Å². The van der Waals surface area contributed by atoms with Crippen LogP contribution < -0.4 is 10.1 Å². The van der Waals surface area contributed by atoms with Crippen molar-refractivity contribution in [2.24, 2.45) is 0 Å². The monoisotopic (exact) mass is 253 g/mol. The maximum atomic E-state index is 13.7. The first kappa shape index (κ1) is 13.3. The summed E-state index contributed by atoms with van der Waals surface area (Å²) in [6.45, 7) is 2.16. The van der Waals surface area contributed by atoms with Crippen LogP contribution in [0.2, 0.25) is 0 Å². The Morgan fingerprint density at radius 2 is 2.33 bits per heavy atom. The summed E-state index contributed by atoms with van der Waals surface area (Å²) in [7, 11) is 1.53. The topological polar surface area (TPSA) is 30.5 Å². The number of hydrogen-bond donors (Lipinski definition) is 1. The van der Waals surface area contributed by atoms with Gasteiger partial charge < -0.3 is 14.8 Å². The first-order valence-corrected chi connectivity index (χ1v) is 6.44. The first-order valence-electron chi connectivity index (χ1n) is 6.44. The SMILES string of the molecule is COc1ccc(CNCC2CCCCO2)c(F)c1. The van der Waals surface area contributed by atoms with Gasteiger partial charge >= 0.3 is 0 Å². The minimum absolute atomic E-state index is 0.230. The van der Waals surface area contributed by atoms with Crippen molar-refractivity contribution in [3.63, 3.8) is 0 Å². The number of ether oxygens (including phenoxy) is 2. The van der Waals surface area contributed by atoms with E-state index in [1.807, 2.05) is 0 Å². The van der Waals surface area contributed by atoms with Crippen molar-refractivity contribution < 1.29 is 13.9 Å². The van der Waals surface area contributed by atoms with E-state index in [9.17, 15) is 4.39 Å². The molecule has 0 aliphatic carbocycles. The summed E-state index contributed by atoms with van der Waals surface area (Å²) >= 11 is 0. The summed E-state index contributed by atoms with van der Waals surface area (Å²) in [4.78, 5) is 0. The average molecular weight is 253 g/mol. The Kier molecular flexibility index (Phi) is 4.96. The zero-order chi connectivity index (χ0) is 12.8. The van der Waals surface area contributed by atoms with Gasteiger partial charge in [-0.3, -0.25) is 0 Å². The molecule has 1 saturated heterocycles. The second-order valence-corrected chi connectivity index (χ2v) is 4.58. The lowest BCUT2D eigenvalue weighted by Crippen LogP contribution is -2.31. The van der Waals surface area contributed by atoms with Crippen molar-refractivity contribution in [1.29, 1.82) is 0 Å². The number of halogens is 1. The molecular formula is C14H20FNO2.